The van der Waals surface area contributed by atoms with Gasteiger partial charge in [-0.3, -0.25) is 9.05 Å². The summed E-state index contributed by atoms with van der Waals surface area (Å²) in [7, 11) is -4.63. The second-order valence-electron chi connectivity index (χ2n) is 16.9. The summed E-state index contributed by atoms with van der Waals surface area (Å²) in [5.74, 6) is -1.18. The summed E-state index contributed by atoms with van der Waals surface area (Å²) < 4.78 is 65.5. The fourth-order valence-electron chi connectivity index (χ4n) is 8.19. The second-order valence-corrected chi connectivity index (χ2v) is 18.4. The van der Waals surface area contributed by atoms with Gasteiger partial charge < -0.3 is 29.6 Å². The topological polar surface area (TPSA) is 173 Å². The number of nitrogen functional groups attached to an aromatic ring is 1. The molecule has 2 fully saturated rings. The molecule has 0 aliphatic carbocycles. The van der Waals surface area contributed by atoms with E-state index in [-0.39, 0.29) is 25.4 Å². The first-order valence-corrected chi connectivity index (χ1v) is 23.4. The number of rotatable bonds is 28. The van der Waals surface area contributed by atoms with Crippen LogP contribution in [0.25, 0.3) is 5.52 Å². The zero-order valence-corrected chi connectivity index (χ0v) is 36.5. The van der Waals surface area contributed by atoms with Gasteiger partial charge >= 0.3 is 7.82 Å². The number of hydrogen-bond acceptors (Lipinski definition) is 11. The van der Waals surface area contributed by atoms with Gasteiger partial charge in [0.25, 0.3) is 0 Å². The highest BCUT2D eigenvalue weighted by atomic mass is 31.2. The third kappa shape index (κ3) is 14.3. The van der Waals surface area contributed by atoms with Crippen LogP contribution in [-0.2, 0) is 39.2 Å². The molecule has 1 aromatic carbocycles. The maximum atomic E-state index is 14.2. The fourth-order valence-corrected chi connectivity index (χ4v) is 9.04. The number of benzene rings is 1. The zero-order chi connectivity index (χ0) is 42.3. The van der Waals surface area contributed by atoms with Crippen LogP contribution in [0.1, 0.15) is 166 Å². The summed E-state index contributed by atoms with van der Waals surface area (Å²) in [6, 6.07) is 9.62. The van der Waals surface area contributed by atoms with Crippen molar-refractivity contribution in [2.75, 3.05) is 18.9 Å². The first-order chi connectivity index (χ1) is 28.3. The Hall–Kier alpha value is -2.99. The molecule has 0 amide bonds. The minimum atomic E-state index is -4.63. The molecule has 59 heavy (non-hydrogen) atoms. The van der Waals surface area contributed by atoms with Gasteiger partial charge in [-0.1, -0.05) is 116 Å². The lowest BCUT2D eigenvalue weighted by atomic mass is 9.97. The van der Waals surface area contributed by atoms with E-state index in [2.05, 4.69) is 17.0 Å². The Kier molecular flexibility index (Phi) is 18.1. The molecule has 2 aromatic heterocycles. The van der Waals surface area contributed by atoms with Crippen molar-refractivity contribution in [2.45, 2.75) is 186 Å². The number of anilines is 1. The van der Waals surface area contributed by atoms with Crippen LogP contribution < -0.4 is 5.73 Å². The number of ether oxygens (including phenoxy) is 4. The van der Waals surface area contributed by atoms with Gasteiger partial charge in [-0.15, -0.1) is 0 Å². The summed E-state index contributed by atoms with van der Waals surface area (Å²) in [5, 5.41) is 13.7. The quantitative estimate of drug-likeness (QED) is 0.0524. The first kappa shape index (κ1) is 47.1. The molecule has 4 heterocycles. The van der Waals surface area contributed by atoms with E-state index in [0.717, 1.165) is 31.7 Å². The number of unbranched alkanes of at least 4 members (excludes halogenated alkanes) is 16. The van der Waals surface area contributed by atoms with E-state index >= 15 is 0 Å². The van der Waals surface area contributed by atoms with Gasteiger partial charge in [0.05, 0.1) is 43.3 Å². The van der Waals surface area contributed by atoms with Gasteiger partial charge in [-0.2, -0.15) is 10.4 Å². The number of hydrogen-bond donors (Lipinski definition) is 2. The molecule has 0 spiro atoms. The molecule has 6 atom stereocenters. The van der Waals surface area contributed by atoms with E-state index < -0.39 is 49.4 Å². The molecule has 5 rings (SSSR count). The van der Waals surface area contributed by atoms with Crippen LogP contribution in [0.2, 0.25) is 0 Å². The molecule has 15 heteroatoms. The number of nitrogens with two attached hydrogens (primary N) is 1. The molecule has 2 aliphatic heterocycles. The van der Waals surface area contributed by atoms with Gasteiger partial charge in [-0.05, 0) is 63.1 Å². The van der Waals surface area contributed by atoms with Crippen LogP contribution in [0.4, 0.5) is 10.2 Å². The Balaban J connectivity index is 1.08. The third-order valence-corrected chi connectivity index (χ3v) is 12.3. The lowest BCUT2D eigenvalue weighted by Crippen LogP contribution is -2.44. The Morgan fingerprint density at radius 1 is 0.915 bits per heavy atom. The minimum Gasteiger partial charge on any atom is -0.382 e. The molecule has 0 saturated carbocycles. The van der Waals surface area contributed by atoms with Crippen LogP contribution in [0, 0.1) is 17.1 Å². The van der Waals surface area contributed by atoms with Crippen LogP contribution >= 0.6 is 7.82 Å². The van der Waals surface area contributed by atoms with Crippen LogP contribution in [0.15, 0.2) is 36.7 Å². The van der Waals surface area contributed by atoms with Crippen molar-refractivity contribution in [1.82, 2.24) is 14.6 Å². The number of nitriles is 1. The molecule has 1 unspecified atom stereocenters. The number of nitrogens with zero attached hydrogens (tertiary/aromatic N) is 4. The molecule has 0 radical (unpaired) electrons. The average molecular weight is 844 g/mol. The molecule has 13 nitrogen and oxygen atoms in total. The third-order valence-electron chi connectivity index (χ3n) is 11.4. The molecule has 2 saturated heterocycles. The summed E-state index contributed by atoms with van der Waals surface area (Å²) in [4.78, 5) is 15.0. The van der Waals surface area contributed by atoms with Crippen molar-refractivity contribution in [3.05, 3.63) is 59.3 Å². The van der Waals surface area contributed by atoms with Gasteiger partial charge in [-0.25, -0.2) is 18.5 Å². The SMILES string of the molecule is CCCCCCCCCCCCCCCCCCC[C@@H](COP(=O)(O)OC[C@@]1(C)O[C@@H](c2ccc3c(N)ncnn23)[C@@H]2OC(C)(C)O[C@@H]21)OCc1cc(F)cc(C#N)c1. The van der Waals surface area contributed by atoms with E-state index in [9.17, 15) is 19.1 Å². The molecule has 328 valence electrons. The molecule has 3 N–H and O–H groups in total. The van der Waals surface area contributed by atoms with Crippen LogP contribution in [-0.4, -0.2) is 62.4 Å². The number of halogens is 1. The predicted molar refractivity (Wildman–Crippen MR) is 224 cm³/mol. The molecule has 0 bridgehead atoms. The molecular weight excluding hydrogens is 776 g/mol. The van der Waals surface area contributed by atoms with Crippen molar-refractivity contribution in [1.29, 1.82) is 5.26 Å². The maximum absolute atomic E-state index is 14.2. The van der Waals surface area contributed by atoms with E-state index in [1.54, 1.807) is 37.4 Å². The molecular formula is C44H67FN5O8P. The summed E-state index contributed by atoms with van der Waals surface area (Å²) in [5.41, 5.74) is 6.79. The van der Waals surface area contributed by atoms with E-state index in [4.69, 9.17) is 33.7 Å². The summed E-state index contributed by atoms with van der Waals surface area (Å²) in [6.45, 7) is 7.03. The fraction of sp³-hybridized carbons (Fsp3) is 0.705. The highest BCUT2D eigenvalue weighted by molar-refractivity contribution is 7.47. The Labute approximate surface area is 350 Å². The second kappa shape index (κ2) is 22.7. The number of phosphoric acid groups is 1. The van der Waals surface area contributed by atoms with E-state index in [1.807, 2.05) is 12.1 Å². The van der Waals surface area contributed by atoms with E-state index in [0.29, 0.717) is 29.0 Å². The monoisotopic (exact) mass is 843 g/mol. The summed E-state index contributed by atoms with van der Waals surface area (Å²) in [6.07, 6.45) is 20.9. The van der Waals surface area contributed by atoms with Gasteiger partial charge in [0.15, 0.2) is 11.6 Å². The Morgan fingerprint density at radius 3 is 2.17 bits per heavy atom. The molecule has 3 aromatic rings. The first-order valence-electron chi connectivity index (χ1n) is 21.9. The van der Waals surface area contributed by atoms with Crippen molar-refractivity contribution in [3.63, 3.8) is 0 Å². The van der Waals surface area contributed by atoms with Crippen molar-refractivity contribution in [2.24, 2.45) is 0 Å². The maximum Gasteiger partial charge on any atom is 0.472 e. The summed E-state index contributed by atoms with van der Waals surface area (Å²) >= 11 is 0. The highest BCUT2D eigenvalue weighted by Gasteiger charge is 2.62. The van der Waals surface area contributed by atoms with E-state index in [1.165, 1.54) is 95.9 Å². The van der Waals surface area contributed by atoms with Crippen LogP contribution in [0.5, 0.6) is 0 Å². The zero-order valence-electron chi connectivity index (χ0n) is 35.6. The highest BCUT2D eigenvalue weighted by Crippen LogP contribution is 2.52. The largest absolute Gasteiger partial charge is 0.472 e. The average Bonchev–Trinajstić information content (AvgIpc) is 3.86. The van der Waals surface area contributed by atoms with Crippen molar-refractivity contribution < 1.29 is 41.8 Å². The number of fused-ring (bicyclic) bond motifs is 2. The van der Waals surface area contributed by atoms with Crippen LogP contribution in [0.3, 0.4) is 0 Å². The van der Waals surface area contributed by atoms with Gasteiger partial charge in [0.1, 0.15) is 41.6 Å². The smallest absolute Gasteiger partial charge is 0.382 e. The van der Waals surface area contributed by atoms with Gasteiger partial charge in [0, 0.05) is 0 Å². The molecule has 2 aliphatic rings. The number of phosphoric ester groups is 1. The van der Waals surface area contributed by atoms with Gasteiger partial charge in [0.2, 0.25) is 0 Å². The normalized spacial score (nSPS) is 22.7. The standard InChI is InChI=1S/C44H67FN5O8P/c1-5-6-7-8-9-10-11-12-13-14-15-16-17-18-19-20-21-22-36(53-29-34-25-33(28-46)26-35(45)27-34)30-54-59(51,52)55-31-44(4)41-40(56-43(2,3)58-41)39(57-44)37-23-24-38-42(47)48-32-49-50(37)38/h23-27,32,36,39-41H,5-22,29-31H2,1-4H3,(H,51,52)(H2,47,48,49)/t36-,39-,40-,41-,44+/m0/s1. The Morgan fingerprint density at radius 2 is 1.54 bits per heavy atom. The minimum absolute atomic E-state index is 0.00446. The Bertz CT molecular complexity index is 1840. The predicted octanol–water partition coefficient (Wildman–Crippen LogP) is 10.4. The number of aromatic nitrogens is 3. The van der Waals surface area contributed by atoms with Crippen molar-refractivity contribution in [3.8, 4) is 6.07 Å². The lowest BCUT2D eigenvalue weighted by molar-refractivity contribution is -0.212. The van der Waals surface area contributed by atoms with Crippen molar-refractivity contribution >= 4 is 19.2 Å². The lowest BCUT2D eigenvalue weighted by Gasteiger charge is -2.31.